The number of nitrogens with zero attached hydrogens (tertiary/aromatic N) is 5. The zero-order valence-corrected chi connectivity index (χ0v) is 14.7. The molecule has 2 aliphatic rings. The molecule has 0 saturated carbocycles. The van der Waals surface area contributed by atoms with Crippen molar-refractivity contribution in [2.24, 2.45) is 0 Å². The summed E-state index contributed by atoms with van der Waals surface area (Å²) in [5.74, 6) is 0. The van der Waals surface area contributed by atoms with Crippen molar-refractivity contribution in [1.29, 1.82) is 0 Å². The van der Waals surface area contributed by atoms with Gasteiger partial charge < -0.3 is 5.32 Å². The molecule has 6 nitrogen and oxygen atoms in total. The van der Waals surface area contributed by atoms with Crippen molar-refractivity contribution in [3.63, 3.8) is 0 Å². The maximum Gasteiger partial charge on any atom is 0.138 e. The van der Waals surface area contributed by atoms with E-state index in [1.165, 1.54) is 38.2 Å². The van der Waals surface area contributed by atoms with E-state index in [0.29, 0.717) is 0 Å². The zero-order valence-electron chi connectivity index (χ0n) is 13.8. The van der Waals surface area contributed by atoms with Gasteiger partial charge in [0, 0.05) is 51.9 Å². The average Bonchev–Trinajstić information content (AvgIpc) is 3.28. The van der Waals surface area contributed by atoms with Crippen LogP contribution in [0.4, 0.5) is 0 Å². The second-order valence-corrected chi connectivity index (χ2v) is 6.47. The Bertz CT molecular complexity index is 609. The molecule has 7 heteroatoms. The van der Waals surface area contributed by atoms with Gasteiger partial charge in [-0.3, -0.25) is 9.80 Å². The van der Waals surface area contributed by atoms with Gasteiger partial charge in [-0.15, -0.1) is 12.4 Å². The van der Waals surface area contributed by atoms with Crippen LogP contribution in [0.2, 0.25) is 0 Å². The van der Waals surface area contributed by atoms with Crippen LogP contribution in [0.3, 0.4) is 0 Å². The summed E-state index contributed by atoms with van der Waals surface area (Å²) < 4.78 is 1.79. The number of hydrogen-bond donors (Lipinski definition) is 1. The van der Waals surface area contributed by atoms with Crippen LogP contribution in [-0.2, 0) is 6.54 Å². The fourth-order valence-corrected chi connectivity index (χ4v) is 3.65. The number of aromatic nitrogens is 3. The molecule has 2 aromatic rings. The normalized spacial score (nSPS) is 22.4. The minimum atomic E-state index is 0. The van der Waals surface area contributed by atoms with Crippen molar-refractivity contribution in [3.05, 3.63) is 42.5 Å². The SMILES string of the molecule is Cl.c1ncn(-c2ccc(CN3CCC(N4CCNCC4)C3)cc2)n1. The van der Waals surface area contributed by atoms with Gasteiger partial charge in [0.2, 0.25) is 0 Å². The van der Waals surface area contributed by atoms with Crippen molar-refractivity contribution < 1.29 is 0 Å². The van der Waals surface area contributed by atoms with Gasteiger partial charge in [-0.1, -0.05) is 12.1 Å². The number of likely N-dealkylation sites (tertiary alicyclic amines) is 1. The molecule has 0 bridgehead atoms. The Morgan fingerprint density at radius 2 is 1.88 bits per heavy atom. The van der Waals surface area contributed by atoms with Gasteiger partial charge in [-0.05, 0) is 24.1 Å². The molecule has 2 fully saturated rings. The lowest BCUT2D eigenvalue weighted by molar-refractivity contribution is 0.170. The number of halogens is 1. The molecule has 2 aliphatic heterocycles. The van der Waals surface area contributed by atoms with E-state index in [-0.39, 0.29) is 12.4 Å². The van der Waals surface area contributed by atoms with Gasteiger partial charge in [0.25, 0.3) is 0 Å². The molecule has 1 aromatic heterocycles. The Hall–Kier alpha value is -1.47. The monoisotopic (exact) mass is 348 g/mol. The van der Waals surface area contributed by atoms with Crippen molar-refractivity contribution in [3.8, 4) is 5.69 Å². The summed E-state index contributed by atoms with van der Waals surface area (Å²) in [4.78, 5) is 9.23. The molecule has 0 spiro atoms. The van der Waals surface area contributed by atoms with Crippen molar-refractivity contribution >= 4 is 12.4 Å². The molecule has 1 unspecified atom stereocenters. The summed E-state index contributed by atoms with van der Waals surface area (Å²) in [7, 11) is 0. The average molecular weight is 349 g/mol. The van der Waals surface area contributed by atoms with Crippen LogP contribution >= 0.6 is 12.4 Å². The maximum atomic E-state index is 4.17. The molecule has 0 radical (unpaired) electrons. The molecule has 4 rings (SSSR count). The second-order valence-electron chi connectivity index (χ2n) is 6.47. The van der Waals surface area contributed by atoms with Crippen LogP contribution in [-0.4, -0.2) is 69.9 Å². The Morgan fingerprint density at radius 1 is 1.08 bits per heavy atom. The summed E-state index contributed by atoms with van der Waals surface area (Å²) in [6, 6.07) is 9.39. The number of nitrogens with one attached hydrogen (secondary N) is 1. The van der Waals surface area contributed by atoms with Gasteiger partial charge in [0.05, 0.1) is 5.69 Å². The first-order valence-electron chi connectivity index (χ1n) is 8.49. The molecule has 1 aromatic carbocycles. The van der Waals surface area contributed by atoms with E-state index < -0.39 is 0 Å². The van der Waals surface area contributed by atoms with E-state index in [4.69, 9.17) is 0 Å². The molecule has 2 saturated heterocycles. The third-order valence-corrected chi connectivity index (χ3v) is 4.94. The maximum absolute atomic E-state index is 4.17. The highest BCUT2D eigenvalue weighted by Gasteiger charge is 2.28. The highest BCUT2D eigenvalue weighted by molar-refractivity contribution is 5.85. The highest BCUT2D eigenvalue weighted by Crippen LogP contribution is 2.19. The minimum absolute atomic E-state index is 0. The summed E-state index contributed by atoms with van der Waals surface area (Å²) in [5, 5.41) is 7.60. The van der Waals surface area contributed by atoms with Gasteiger partial charge in [0.1, 0.15) is 12.7 Å². The predicted octanol–water partition coefficient (Wildman–Crippen LogP) is 1.17. The molecular weight excluding hydrogens is 324 g/mol. The van der Waals surface area contributed by atoms with Crippen molar-refractivity contribution in [1.82, 2.24) is 29.9 Å². The Morgan fingerprint density at radius 3 is 2.58 bits per heavy atom. The van der Waals surface area contributed by atoms with Crippen molar-refractivity contribution in [2.45, 2.75) is 19.0 Å². The predicted molar refractivity (Wildman–Crippen MR) is 96.7 cm³/mol. The number of hydrogen-bond acceptors (Lipinski definition) is 5. The largest absolute Gasteiger partial charge is 0.314 e. The van der Waals surface area contributed by atoms with Gasteiger partial charge in [-0.2, -0.15) is 5.10 Å². The first-order chi connectivity index (χ1) is 11.4. The van der Waals surface area contributed by atoms with Crippen LogP contribution < -0.4 is 5.32 Å². The topological polar surface area (TPSA) is 49.2 Å². The summed E-state index contributed by atoms with van der Waals surface area (Å²) in [6.45, 7) is 8.13. The molecule has 1 N–H and O–H groups in total. The smallest absolute Gasteiger partial charge is 0.138 e. The van der Waals surface area contributed by atoms with E-state index >= 15 is 0 Å². The molecule has 130 valence electrons. The van der Waals surface area contributed by atoms with Gasteiger partial charge in [-0.25, -0.2) is 9.67 Å². The van der Waals surface area contributed by atoms with E-state index in [0.717, 1.165) is 31.4 Å². The molecule has 1 atom stereocenters. The lowest BCUT2D eigenvalue weighted by atomic mass is 10.2. The quantitative estimate of drug-likeness (QED) is 0.898. The van der Waals surface area contributed by atoms with Crippen molar-refractivity contribution in [2.75, 3.05) is 39.3 Å². The summed E-state index contributed by atoms with van der Waals surface area (Å²) >= 11 is 0. The molecular formula is C17H25ClN6. The zero-order chi connectivity index (χ0) is 15.5. The fourth-order valence-electron chi connectivity index (χ4n) is 3.65. The van der Waals surface area contributed by atoms with E-state index in [1.807, 2.05) is 0 Å². The van der Waals surface area contributed by atoms with Crippen LogP contribution in [0.5, 0.6) is 0 Å². The van der Waals surface area contributed by atoms with E-state index in [9.17, 15) is 0 Å². The fraction of sp³-hybridized carbons (Fsp3) is 0.529. The number of piperazine rings is 1. The Labute approximate surface area is 149 Å². The highest BCUT2D eigenvalue weighted by atomic mass is 35.5. The standard InChI is InChI=1S/C17H24N6.ClH/c1-3-16(23-14-19-13-20-23)4-2-15(1)11-21-8-5-17(12-21)22-9-6-18-7-10-22;/h1-4,13-14,17-18H,5-12H2;1H. The number of benzene rings is 1. The molecule has 0 amide bonds. The van der Waals surface area contributed by atoms with Crippen LogP contribution in [0, 0.1) is 0 Å². The van der Waals surface area contributed by atoms with Gasteiger partial charge in [0.15, 0.2) is 0 Å². The first kappa shape index (κ1) is 17.4. The van der Waals surface area contributed by atoms with E-state index in [1.54, 1.807) is 17.3 Å². The molecule has 24 heavy (non-hydrogen) atoms. The lowest BCUT2D eigenvalue weighted by Crippen LogP contribution is -2.49. The number of rotatable bonds is 4. The molecule has 0 aliphatic carbocycles. The Kier molecular flexibility index (Phi) is 5.84. The third-order valence-electron chi connectivity index (χ3n) is 4.94. The second kappa shape index (κ2) is 8.07. The third kappa shape index (κ3) is 3.95. The van der Waals surface area contributed by atoms with Crippen LogP contribution in [0.1, 0.15) is 12.0 Å². The van der Waals surface area contributed by atoms with Crippen LogP contribution in [0.25, 0.3) is 5.69 Å². The first-order valence-corrected chi connectivity index (χ1v) is 8.49. The van der Waals surface area contributed by atoms with E-state index in [2.05, 4.69) is 49.5 Å². The lowest BCUT2D eigenvalue weighted by Gasteiger charge is -2.32. The minimum Gasteiger partial charge on any atom is -0.314 e. The molecule has 3 heterocycles. The summed E-state index contributed by atoms with van der Waals surface area (Å²) in [6.07, 6.45) is 4.60. The van der Waals surface area contributed by atoms with Gasteiger partial charge >= 0.3 is 0 Å². The van der Waals surface area contributed by atoms with Crippen LogP contribution in [0.15, 0.2) is 36.9 Å². The summed E-state index contributed by atoms with van der Waals surface area (Å²) in [5.41, 5.74) is 2.43. The Balaban J connectivity index is 0.00000169.